The second-order valence-corrected chi connectivity index (χ2v) is 7.49. The van der Waals surface area contributed by atoms with Gasteiger partial charge in [-0.15, -0.1) is 0 Å². The van der Waals surface area contributed by atoms with Gasteiger partial charge < -0.3 is 5.32 Å². The Balaban J connectivity index is 1.70. The van der Waals surface area contributed by atoms with Crippen LogP contribution in [0.25, 0.3) is 0 Å². The van der Waals surface area contributed by atoms with Gasteiger partial charge in [-0.25, -0.2) is 8.42 Å². The lowest BCUT2D eigenvalue weighted by atomic mass is 9.93. The van der Waals surface area contributed by atoms with Crippen molar-refractivity contribution in [3.63, 3.8) is 0 Å². The lowest BCUT2D eigenvalue weighted by molar-refractivity contribution is 0.404. The first kappa shape index (κ1) is 9.16. The number of rotatable bonds is 1. The van der Waals surface area contributed by atoms with Crippen LogP contribution in [-0.2, 0) is 9.84 Å². The van der Waals surface area contributed by atoms with Crippen LogP contribution in [0.1, 0.15) is 19.3 Å². The van der Waals surface area contributed by atoms with E-state index in [1.807, 2.05) is 0 Å². The monoisotopic (exact) mass is 215 g/mol. The van der Waals surface area contributed by atoms with Gasteiger partial charge in [-0.05, 0) is 43.1 Å². The van der Waals surface area contributed by atoms with E-state index in [-0.39, 0.29) is 0 Å². The molecule has 0 aromatic heterocycles. The zero-order valence-electron chi connectivity index (χ0n) is 8.33. The molecule has 3 aliphatic rings. The predicted octanol–water partition coefficient (Wildman–Crippen LogP) is 0.421. The molecule has 14 heavy (non-hydrogen) atoms. The lowest BCUT2D eigenvalue weighted by Gasteiger charge is -2.11. The van der Waals surface area contributed by atoms with E-state index in [0.29, 0.717) is 22.8 Å². The Labute approximate surface area is 85.2 Å². The summed E-state index contributed by atoms with van der Waals surface area (Å²) in [6, 6.07) is 0. The van der Waals surface area contributed by atoms with Crippen molar-refractivity contribution >= 4 is 9.84 Å². The first-order chi connectivity index (χ1) is 6.61. The molecular formula is C10H17NO2S. The Morgan fingerprint density at radius 1 is 1.36 bits per heavy atom. The van der Waals surface area contributed by atoms with Crippen molar-refractivity contribution in [2.75, 3.05) is 24.6 Å². The van der Waals surface area contributed by atoms with Crippen LogP contribution >= 0.6 is 0 Å². The van der Waals surface area contributed by atoms with Gasteiger partial charge in [-0.2, -0.15) is 0 Å². The van der Waals surface area contributed by atoms with E-state index in [1.54, 1.807) is 0 Å². The van der Waals surface area contributed by atoms with E-state index in [2.05, 4.69) is 5.32 Å². The van der Waals surface area contributed by atoms with Crippen molar-refractivity contribution in [1.82, 2.24) is 5.32 Å². The summed E-state index contributed by atoms with van der Waals surface area (Å²) in [7, 11) is -2.67. The standard InChI is InChI=1S/C10H17NO2S/c12-14(13)4-1-8(6-14)9-5-10(9)2-3-11-7-10/h8-9,11H,1-7H2. The van der Waals surface area contributed by atoms with Crippen molar-refractivity contribution in [3.8, 4) is 0 Å². The van der Waals surface area contributed by atoms with Crippen molar-refractivity contribution in [3.05, 3.63) is 0 Å². The van der Waals surface area contributed by atoms with E-state index < -0.39 is 9.84 Å². The molecule has 0 aromatic rings. The summed E-state index contributed by atoms with van der Waals surface area (Å²) in [5, 5.41) is 3.40. The van der Waals surface area contributed by atoms with Crippen molar-refractivity contribution < 1.29 is 8.42 Å². The molecule has 2 saturated heterocycles. The van der Waals surface area contributed by atoms with Gasteiger partial charge >= 0.3 is 0 Å². The molecule has 3 rings (SSSR count). The van der Waals surface area contributed by atoms with Gasteiger partial charge in [0.2, 0.25) is 0 Å². The van der Waals surface area contributed by atoms with Crippen LogP contribution in [0.2, 0.25) is 0 Å². The van der Waals surface area contributed by atoms with Gasteiger partial charge in [0.15, 0.2) is 9.84 Å². The highest BCUT2D eigenvalue weighted by atomic mass is 32.2. The molecule has 3 atom stereocenters. The van der Waals surface area contributed by atoms with Gasteiger partial charge in [0.1, 0.15) is 0 Å². The van der Waals surface area contributed by atoms with Gasteiger partial charge in [0.05, 0.1) is 11.5 Å². The summed E-state index contributed by atoms with van der Waals surface area (Å²) in [6.45, 7) is 2.27. The minimum Gasteiger partial charge on any atom is -0.316 e. The van der Waals surface area contributed by atoms with Gasteiger partial charge in [0, 0.05) is 6.54 Å². The summed E-state index contributed by atoms with van der Waals surface area (Å²) in [6.07, 6.45) is 3.48. The van der Waals surface area contributed by atoms with E-state index >= 15 is 0 Å². The fourth-order valence-electron chi connectivity index (χ4n) is 3.44. The normalized spacial score (nSPS) is 50.0. The van der Waals surface area contributed by atoms with Crippen LogP contribution < -0.4 is 5.32 Å². The predicted molar refractivity (Wildman–Crippen MR) is 54.8 cm³/mol. The first-order valence-corrected chi connectivity index (χ1v) is 7.35. The van der Waals surface area contributed by atoms with Crippen molar-refractivity contribution in [2.45, 2.75) is 19.3 Å². The summed E-state index contributed by atoms with van der Waals surface area (Å²) in [4.78, 5) is 0. The van der Waals surface area contributed by atoms with Crippen LogP contribution in [0.3, 0.4) is 0 Å². The van der Waals surface area contributed by atoms with E-state index in [4.69, 9.17) is 0 Å². The molecule has 3 nitrogen and oxygen atoms in total. The van der Waals surface area contributed by atoms with Gasteiger partial charge in [-0.3, -0.25) is 0 Å². The Morgan fingerprint density at radius 3 is 2.79 bits per heavy atom. The second-order valence-electron chi connectivity index (χ2n) is 5.26. The Bertz CT molecular complexity index is 343. The van der Waals surface area contributed by atoms with Gasteiger partial charge in [0.25, 0.3) is 0 Å². The average Bonchev–Trinajstić information content (AvgIpc) is 2.46. The topological polar surface area (TPSA) is 46.2 Å². The van der Waals surface area contributed by atoms with E-state index in [1.165, 1.54) is 12.8 Å². The van der Waals surface area contributed by atoms with E-state index in [0.717, 1.165) is 25.4 Å². The molecular weight excluding hydrogens is 198 g/mol. The van der Waals surface area contributed by atoms with E-state index in [9.17, 15) is 8.42 Å². The minimum atomic E-state index is -2.67. The molecule has 2 heterocycles. The molecule has 0 bridgehead atoms. The summed E-state index contributed by atoms with van der Waals surface area (Å²) in [5.74, 6) is 2.12. The number of hydrogen-bond donors (Lipinski definition) is 1. The molecule has 2 aliphatic heterocycles. The van der Waals surface area contributed by atoms with Crippen molar-refractivity contribution in [1.29, 1.82) is 0 Å². The molecule has 3 unspecified atom stereocenters. The van der Waals surface area contributed by atoms with Crippen LogP contribution in [-0.4, -0.2) is 33.0 Å². The second kappa shape index (κ2) is 2.73. The molecule has 1 spiro atoms. The fourth-order valence-corrected chi connectivity index (χ4v) is 5.32. The average molecular weight is 215 g/mol. The first-order valence-electron chi connectivity index (χ1n) is 5.53. The minimum absolute atomic E-state index is 0.442. The summed E-state index contributed by atoms with van der Waals surface area (Å²) >= 11 is 0. The molecule has 3 fully saturated rings. The highest BCUT2D eigenvalue weighted by molar-refractivity contribution is 7.91. The number of nitrogens with one attached hydrogen (secondary N) is 1. The summed E-state index contributed by atoms with van der Waals surface area (Å²) < 4.78 is 22.7. The van der Waals surface area contributed by atoms with Crippen LogP contribution in [0.15, 0.2) is 0 Å². The lowest BCUT2D eigenvalue weighted by Crippen LogP contribution is -2.15. The van der Waals surface area contributed by atoms with Crippen LogP contribution in [0.5, 0.6) is 0 Å². The molecule has 0 radical (unpaired) electrons. The Kier molecular flexibility index (Phi) is 1.78. The highest BCUT2D eigenvalue weighted by Crippen LogP contribution is 2.61. The summed E-state index contributed by atoms with van der Waals surface area (Å²) in [5.41, 5.74) is 0.518. The SMILES string of the molecule is O=S1(=O)CCC(C2CC23CCNC3)C1. The molecule has 0 aromatic carbocycles. The third-order valence-corrected chi connectivity index (χ3v) is 6.16. The molecule has 4 heteroatoms. The zero-order chi connectivity index (χ0) is 9.81. The number of sulfone groups is 1. The maximum Gasteiger partial charge on any atom is 0.150 e. The largest absolute Gasteiger partial charge is 0.316 e. The maximum atomic E-state index is 11.4. The van der Waals surface area contributed by atoms with Gasteiger partial charge in [-0.1, -0.05) is 0 Å². The van der Waals surface area contributed by atoms with Crippen LogP contribution in [0.4, 0.5) is 0 Å². The molecule has 1 saturated carbocycles. The smallest absolute Gasteiger partial charge is 0.150 e. The van der Waals surface area contributed by atoms with Crippen molar-refractivity contribution in [2.24, 2.45) is 17.3 Å². The fraction of sp³-hybridized carbons (Fsp3) is 1.00. The Morgan fingerprint density at radius 2 is 2.21 bits per heavy atom. The molecule has 0 amide bonds. The zero-order valence-corrected chi connectivity index (χ0v) is 9.15. The molecule has 80 valence electrons. The third kappa shape index (κ3) is 1.31. The molecule has 1 N–H and O–H groups in total. The molecule has 1 aliphatic carbocycles. The quantitative estimate of drug-likeness (QED) is 0.689. The maximum absolute atomic E-state index is 11.4. The Hall–Kier alpha value is -0.0900. The highest BCUT2D eigenvalue weighted by Gasteiger charge is 2.59. The third-order valence-electron chi connectivity index (χ3n) is 4.37. The van der Waals surface area contributed by atoms with Crippen LogP contribution in [0, 0.1) is 17.3 Å². The number of hydrogen-bond acceptors (Lipinski definition) is 3.